The van der Waals surface area contributed by atoms with Gasteiger partial charge in [0.15, 0.2) is 0 Å². The molecule has 1 aromatic carbocycles. The Morgan fingerprint density at radius 2 is 2.00 bits per heavy atom. The predicted molar refractivity (Wildman–Crippen MR) is 55.2 cm³/mol. The number of hydrogen-bond acceptors (Lipinski definition) is 3. The molecule has 0 atom stereocenters. The van der Waals surface area contributed by atoms with Crippen LogP contribution < -0.4 is 0 Å². The first-order valence-corrected chi connectivity index (χ1v) is 4.57. The maximum atomic E-state index is 12.5. The lowest BCUT2D eigenvalue weighted by Gasteiger charge is -2.06. The van der Waals surface area contributed by atoms with Crippen LogP contribution >= 0.6 is 0 Å². The number of nitriles is 1. The second-order valence-electron chi connectivity index (χ2n) is 3.16. The summed E-state index contributed by atoms with van der Waals surface area (Å²) in [5.41, 5.74) is -1.98. The quantitative estimate of drug-likeness (QED) is 0.439. The largest absolute Gasteiger partial charge is 0.416 e. The Morgan fingerprint density at radius 3 is 2.50 bits per heavy atom. The number of halogens is 3. The molecule has 0 aromatic heterocycles. The highest BCUT2D eigenvalue weighted by molar-refractivity contribution is 5.47. The molecule has 7 heteroatoms. The Kier molecular flexibility index (Phi) is 3.90. The van der Waals surface area contributed by atoms with Crippen molar-refractivity contribution in [3.05, 3.63) is 39.4 Å². The third-order valence-electron chi connectivity index (χ3n) is 1.86. The minimum absolute atomic E-state index is 0.147. The van der Waals surface area contributed by atoms with E-state index in [9.17, 15) is 23.3 Å². The van der Waals surface area contributed by atoms with Gasteiger partial charge in [0.1, 0.15) is 0 Å². The van der Waals surface area contributed by atoms with Crippen LogP contribution in [-0.2, 0) is 6.18 Å². The number of nitro groups is 1. The van der Waals surface area contributed by atoms with Crippen LogP contribution in [0.15, 0.2) is 18.2 Å². The number of non-ortho nitro benzene ring substituents is 1. The van der Waals surface area contributed by atoms with Gasteiger partial charge < -0.3 is 0 Å². The van der Waals surface area contributed by atoms with Gasteiger partial charge >= 0.3 is 6.18 Å². The van der Waals surface area contributed by atoms with E-state index >= 15 is 0 Å². The van der Waals surface area contributed by atoms with Gasteiger partial charge in [-0.25, -0.2) is 0 Å². The topological polar surface area (TPSA) is 66.9 Å². The molecular weight excluding hydrogens is 249 g/mol. The Balaban J connectivity index is 3.29. The highest BCUT2D eigenvalue weighted by Crippen LogP contribution is 2.32. The molecule has 0 bridgehead atoms. The second kappa shape index (κ2) is 5.19. The van der Waals surface area contributed by atoms with Crippen LogP contribution in [0.3, 0.4) is 0 Å². The summed E-state index contributed by atoms with van der Waals surface area (Å²) < 4.78 is 37.4. The molecule has 0 aliphatic carbocycles. The minimum Gasteiger partial charge on any atom is -0.258 e. The molecule has 1 rings (SSSR count). The Morgan fingerprint density at radius 1 is 1.33 bits per heavy atom. The fourth-order valence-electron chi connectivity index (χ4n) is 1.14. The van der Waals surface area contributed by atoms with E-state index in [1.807, 2.05) is 0 Å². The van der Waals surface area contributed by atoms with Crippen LogP contribution in [-0.4, -0.2) is 4.92 Å². The molecule has 0 saturated carbocycles. The van der Waals surface area contributed by atoms with E-state index in [4.69, 9.17) is 5.26 Å². The molecule has 0 spiro atoms. The lowest BCUT2D eigenvalue weighted by atomic mass is 10.1. The van der Waals surface area contributed by atoms with Gasteiger partial charge in [-0.1, -0.05) is 11.8 Å². The summed E-state index contributed by atoms with van der Waals surface area (Å²) in [6.07, 6.45) is -4.85. The van der Waals surface area contributed by atoms with Gasteiger partial charge in [0, 0.05) is 17.7 Å². The van der Waals surface area contributed by atoms with Gasteiger partial charge in [0.05, 0.1) is 23.0 Å². The zero-order valence-electron chi connectivity index (χ0n) is 8.78. The van der Waals surface area contributed by atoms with Crippen molar-refractivity contribution in [1.29, 1.82) is 5.26 Å². The summed E-state index contributed by atoms with van der Waals surface area (Å²) in [7, 11) is 0. The molecular formula is C11H5F3N2O2. The second-order valence-corrected chi connectivity index (χ2v) is 3.16. The third kappa shape index (κ3) is 3.49. The van der Waals surface area contributed by atoms with E-state index in [1.165, 1.54) is 0 Å². The van der Waals surface area contributed by atoms with Gasteiger partial charge in [0.25, 0.3) is 5.69 Å². The molecule has 0 heterocycles. The van der Waals surface area contributed by atoms with E-state index in [-0.39, 0.29) is 12.0 Å². The molecule has 0 unspecified atom stereocenters. The van der Waals surface area contributed by atoms with Crippen molar-refractivity contribution in [1.82, 2.24) is 0 Å². The lowest BCUT2D eigenvalue weighted by molar-refractivity contribution is -0.385. The van der Waals surface area contributed by atoms with Crippen molar-refractivity contribution in [3.63, 3.8) is 0 Å². The smallest absolute Gasteiger partial charge is 0.258 e. The molecule has 0 radical (unpaired) electrons. The lowest BCUT2D eigenvalue weighted by Crippen LogP contribution is -2.06. The average molecular weight is 254 g/mol. The molecule has 0 saturated heterocycles. The fraction of sp³-hybridized carbons (Fsp3) is 0.182. The van der Waals surface area contributed by atoms with Gasteiger partial charge in [-0.3, -0.25) is 10.1 Å². The van der Waals surface area contributed by atoms with Gasteiger partial charge in [-0.2, -0.15) is 18.4 Å². The number of nitro benzene ring substituents is 1. The van der Waals surface area contributed by atoms with Crippen molar-refractivity contribution in [3.8, 4) is 17.9 Å². The average Bonchev–Trinajstić information content (AvgIpc) is 2.28. The first kappa shape index (κ1) is 13.5. The van der Waals surface area contributed by atoms with Crippen molar-refractivity contribution in [2.75, 3.05) is 0 Å². The molecule has 4 nitrogen and oxygen atoms in total. The van der Waals surface area contributed by atoms with Crippen LogP contribution in [0, 0.1) is 33.3 Å². The minimum atomic E-state index is -4.68. The molecule has 0 fully saturated rings. The van der Waals surface area contributed by atoms with E-state index in [0.29, 0.717) is 12.1 Å². The maximum absolute atomic E-state index is 12.5. The Bertz CT molecular complexity index is 577. The van der Waals surface area contributed by atoms with Gasteiger partial charge in [-0.05, 0) is 6.07 Å². The van der Waals surface area contributed by atoms with Gasteiger partial charge in [0.2, 0.25) is 0 Å². The van der Waals surface area contributed by atoms with Crippen molar-refractivity contribution in [2.24, 2.45) is 0 Å². The van der Waals surface area contributed by atoms with E-state index in [0.717, 1.165) is 6.07 Å². The molecule has 0 N–H and O–H groups in total. The van der Waals surface area contributed by atoms with Gasteiger partial charge in [-0.15, -0.1) is 0 Å². The molecule has 18 heavy (non-hydrogen) atoms. The van der Waals surface area contributed by atoms with Crippen LogP contribution in [0.1, 0.15) is 17.5 Å². The third-order valence-corrected chi connectivity index (χ3v) is 1.86. The summed E-state index contributed by atoms with van der Waals surface area (Å²) in [5.74, 6) is 4.57. The summed E-state index contributed by atoms with van der Waals surface area (Å²) in [6.45, 7) is 0. The SMILES string of the molecule is N#CCC#Cc1cc([N+](=O)[O-])cc(C(F)(F)F)c1. The molecule has 92 valence electrons. The summed E-state index contributed by atoms with van der Waals surface area (Å²) in [5, 5.41) is 18.7. The van der Waals surface area contributed by atoms with Crippen LogP contribution in [0.4, 0.5) is 18.9 Å². The van der Waals surface area contributed by atoms with Crippen molar-refractivity contribution in [2.45, 2.75) is 12.6 Å². The zero-order valence-corrected chi connectivity index (χ0v) is 8.78. The zero-order chi connectivity index (χ0) is 13.8. The molecule has 0 aliphatic rings. The maximum Gasteiger partial charge on any atom is 0.416 e. The molecule has 0 aliphatic heterocycles. The van der Waals surface area contributed by atoms with Crippen LogP contribution in [0.2, 0.25) is 0 Å². The van der Waals surface area contributed by atoms with Crippen LogP contribution in [0.25, 0.3) is 0 Å². The number of hydrogen-bond donors (Lipinski definition) is 0. The van der Waals surface area contributed by atoms with E-state index < -0.39 is 22.4 Å². The highest BCUT2D eigenvalue weighted by atomic mass is 19.4. The standard InChI is InChI=1S/C11H5F3N2O2/c12-11(13,14)9-5-8(3-1-2-4-15)6-10(7-9)16(17)18/h5-7H,2H2. The monoisotopic (exact) mass is 254 g/mol. The summed E-state index contributed by atoms with van der Waals surface area (Å²) in [4.78, 5) is 9.57. The van der Waals surface area contributed by atoms with Crippen molar-refractivity contribution >= 4 is 5.69 Å². The number of rotatable bonds is 1. The van der Waals surface area contributed by atoms with Crippen LogP contribution in [0.5, 0.6) is 0 Å². The number of benzene rings is 1. The normalized spacial score (nSPS) is 10.1. The molecule has 1 aromatic rings. The highest BCUT2D eigenvalue weighted by Gasteiger charge is 2.32. The molecule has 0 amide bonds. The first-order chi connectivity index (χ1) is 8.34. The summed E-state index contributed by atoms with van der Waals surface area (Å²) in [6, 6.07) is 3.77. The first-order valence-electron chi connectivity index (χ1n) is 4.57. The Hall–Kier alpha value is -2.54. The Labute approximate surface area is 99.8 Å². The van der Waals surface area contributed by atoms with Crippen molar-refractivity contribution < 1.29 is 18.1 Å². The van der Waals surface area contributed by atoms with E-state index in [2.05, 4.69) is 11.8 Å². The number of alkyl halides is 3. The number of nitrogens with zero attached hydrogens (tertiary/aromatic N) is 2. The summed E-state index contributed by atoms with van der Waals surface area (Å²) >= 11 is 0. The van der Waals surface area contributed by atoms with E-state index in [1.54, 1.807) is 6.07 Å². The predicted octanol–water partition coefficient (Wildman–Crippen LogP) is 2.88. The fourth-order valence-corrected chi connectivity index (χ4v) is 1.14.